The number of hydrogen-bond donors (Lipinski definition) is 3. The molecule has 4 rings (SSSR count). The maximum atomic E-state index is 12.9. The van der Waals surface area contributed by atoms with Crippen molar-refractivity contribution in [2.45, 2.75) is 19.1 Å². The van der Waals surface area contributed by atoms with Crippen LogP contribution < -0.4 is 11.1 Å². The van der Waals surface area contributed by atoms with Gasteiger partial charge in [0, 0.05) is 24.6 Å². The first-order valence-electron chi connectivity index (χ1n) is 11.6. The molecular weight excluding hydrogens is 472 g/mol. The van der Waals surface area contributed by atoms with Crippen molar-refractivity contribution < 1.29 is 23.9 Å². The minimum Gasteiger partial charge on any atom is -0.457 e. The highest BCUT2D eigenvalue weighted by atomic mass is 16.5. The quantitative estimate of drug-likeness (QED) is 0.283. The van der Waals surface area contributed by atoms with Gasteiger partial charge in [0.15, 0.2) is 0 Å². The van der Waals surface area contributed by atoms with E-state index in [1.807, 2.05) is 60.7 Å². The standard InChI is InChI=1S/C28H26N4O5/c29-16-24(25-30-11-12-31-25)26(33)32-23-14-21(27(34)36-17-19-7-3-1-4-8-19)13-22(15-23)28(35)37-18-20-9-5-2-6-10-20/h1-15,24H,16-18,29H2,(H,30,31)(H,32,33). The number of rotatable bonds is 10. The van der Waals surface area contributed by atoms with Crippen LogP contribution in [0.2, 0.25) is 0 Å². The number of ether oxygens (including phenoxy) is 2. The minimum absolute atomic E-state index is 0.00410. The number of carbonyl (C=O) groups is 3. The van der Waals surface area contributed by atoms with E-state index in [0.717, 1.165) is 11.1 Å². The average Bonchev–Trinajstić information content (AvgIpc) is 3.46. The SMILES string of the molecule is NCC(C(=O)Nc1cc(C(=O)OCc2ccccc2)cc(C(=O)OCc2ccccc2)c1)c1ncc[nH]1. The number of amides is 1. The molecule has 4 N–H and O–H groups in total. The van der Waals surface area contributed by atoms with Crippen molar-refractivity contribution in [1.29, 1.82) is 0 Å². The summed E-state index contributed by atoms with van der Waals surface area (Å²) < 4.78 is 10.9. The second-order valence-corrected chi connectivity index (χ2v) is 8.17. The predicted octanol–water partition coefficient (Wildman–Crippen LogP) is 3.80. The number of anilines is 1. The van der Waals surface area contributed by atoms with Gasteiger partial charge in [-0.2, -0.15) is 0 Å². The Kier molecular flexibility index (Phi) is 8.41. The molecule has 0 spiro atoms. The smallest absolute Gasteiger partial charge is 0.338 e. The lowest BCUT2D eigenvalue weighted by molar-refractivity contribution is -0.117. The van der Waals surface area contributed by atoms with E-state index in [9.17, 15) is 14.4 Å². The van der Waals surface area contributed by atoms with E-state index in [4.69, 9.17) is 15.2 Å². The Balaban J connectivity index is 1.55. The molecule has 1 aromatic heterocycles. The minimum atomic E-state index is -0.753. The van der Waals surface area contributed by atoms with Gasteiger partial charge in [-0.15, -0.1) is 0 Å². The highest BCUT2D eigenvalue weighted by molar-refractivity contribution is 6.01. The summed E-state index contributed by atoms with van der Waals surface area (Å²) in [4.78, 5) is 45.7. The van der Waals surface area contributed by atoms with Gasteiger partial charge in [-0.1, -0.05) is 60.7 Å². The summed E-state index contributed by atoms with van der Waals surface area (Å²) in [6.07, 6.45) is 3.12. The van der Waals surface area contributed by atoms with Gasteiger partial charge in [-0.25, -0.2) is 14.6 Å². The lowest BCUT2D eigenvalue weighted by Gasteiger charge is -2.15. The number of aromatic nitrogens is 2. The van der Waals surface area contributed by atoms with Crippen molar-refractivity contribution in [3.05, 3.63) is 119 Å². The summed E-state index contributed by atoms with van der Waals surface area (Å²) in [5.74, 6) is -2.11. The van der Waals surface area contributed by atoms with Crippen LogP contribution in [0.5, 0.6) is 0 Å². The van der Waals surface area contributed by atoms with Crippen LogP contribution in [-0.4, -0.2) is 34.4 Å². The molecule has 1 atom stereocenters. The van der Waals surface area contributed by atoms with E-state index in [-0.39, 0.29) is 36.6 Å². The summed E-state index contributed by atoms with van der Waals surface area (Å²) in [5.41, 5.74) is 7.81. The molecule has 9 heteroatoms. The Labute approximate surface area is 213 Å². The van der Waals surface area contributed by atoms with Gasteiger partial charge in [0.25, 0.3) is 0 Å². The number of esters is 2. The average molecular weight is 499 g/mol. The number of imidazole rings is 1. The lowest BCUT2D eigenvalue weighted by atomic mass is 10.1. The molecule has 188 valence electrons. The van der Waals surface area contributed by atoms with Crippen LogP contribution in [0.25, 0.3) is 0 Å². The fraction of sp³-hybridized carbons (Fsp3) is 0.143. The number of hydrogen-bond acceptors (Lipinski definition) is 7. The molecule has 0 saturated heterocycles. The summed E-state index contributed by atoms with van der Waals surface area (Å²) in [7, 11) is 0. The number of carbonyl (C=O) groups excluding carboxylic acids is 3. The maximum Gasteiger partial charge on any atom is 0.338 e. The summed E-state index contributed by atoms with van der Waals surface area (Å²) in [6.45, 7) is 0.111. The third-order valence-corrected chi connectivity index (χ3v) is 5.50. The molecule has 37 heavy (non-hydrogen) atoms. The lowest BCUT2D eigenvalue weighted by Crippen LogP contribution is -2.28. The Morgan fingerprint density at radius 1 is 0.838 bits per heavy atom. The number of nitrogens with two attached hydrogens (primary N) is 1. The molecule has 0 fully saturated rings. The Bertz CT molecular complexity index is 1270. The van der Waals surface area contributed by atoms with Crippen LogP contribution in [0.3, 0.4) is 0 Å². The van der Waals surface area contributed by atoms with Crippen LogP contribution in [0, 0.1) is 0 Å². The van der Waals surface area contributed by atoms with Crippen molar-refractivity contribution in [3.63, 3.8) is 0 Å². The topological polar surface area (TPSA) is 136 Å². The fourth-order valence-electron chi connectivity index (χ4n) is 3.59. The molecule has 3 aromatic carbocycles. The number of H-pyrrole nitrogens is 1. The molecule has 1 heterocycles. The van der Waals surface area contributed by atoms with E-state index >= 15 is 0 Å². The highest BCUT2D eigenvalue weighted by Gasteiger charge is 2.23. The molecule has 9 nitrogen and oxygen atoms in total. The molecule has 1 amide bonds. The zero-order chi connectivity index (χ0) is 26.0. The first-order chi connectivity index (χ1) is 18.0. The molecule has 0 aliphatic carbocycles. The van der Waals surface area contributed by atoms with E-state index in [2.05, 4.69) is 15.3 Å². The summed E-state index contributed by atoms with van der Waals surface area (Å²) >= 11 is 0. The van der Waals surface area contributed by atoms with Crippen LogP contribution >= 0.6 is 0 Å². The van der Waals surface area contributed by atoms with Gasteiger partial charge in [0.05, 0.1) is 11.1 Å². The number of nitrogens with one attached hydrogen (secondary N) is 2. The van der Waals surface area contributed by atoms with Crippen LogP contribution in [0.1, 0.15) is 43.6 Å². The third-order valence-electron chi connectivity index (χ3n) is 5.50. The van der Waals surface area contributed by atoms with Gasteiger partial charge >= 0.3 is 11.9 Å². The fourth-order valence-corrected chi connectivity index (χ4v) is 3.59. The zero-order valence-corrected chi connectivity index (χ0v) is 19.9. The van der Waals surface area contributed by atoms with Crippen LogP contribution in [0.4, 0.5) is 5.69 Å². The molecule has 4 aromatic rings. The van der Waals surface area contributed by atoms with Crippen molar-refractivity contribution in [3.8, 4) is 0 Å². The molecular formula is C28H26N4O5. The van der Waals surface area contributed by atoms with E-state index in [0.29, 0.717) is 5.82 Å². The van der Waals surface area contributed by atoms with Crippen LogP contribution in [0.15, 0.2) is 91.3 Å². The monoisotopic (exact) mass is 498 g/mol. The van der Waals surface area contributed by atoms with Gasteiger partial charge in [-0.05, 0) is 29.3 Å². The molecule has 0 bridgehead atoms. The van der Waals surface area contributed by atoms with E-state index in [1.54, 1.807) is 6.20 Å². The molecule has 1 unspecified atom stereocenters. The van der Waals surface area contributed by atoms with Gasteiger partial charge < -0.3 is 25.5 Å². The van der Waals surface area contributed by atoms with Gasteiger partial charge in [0.2, 0.25) is 5.91 Å². The van der Waals surface area contributed by atoms with Gasteiger partial charge in [-0.3, -0.25) is 4.79 Å². The second-order valence-electron chi connectivity index (χ2n) is 8.17. The number of nitrogens with zero attached hydrogens (tertiary/aromatic N) is 1. The van der Waals surface area contributed by atoms with Crippen molar-refractivity contribution in [2.75, 3.05) is 11.9 Å². The van der Waals surface area contributed by atoms with E-state index < -0.39 is 23.8 Å². The zero-order valence-electron chi connectivity index (χ0n) is 19.9. The number of aromatic amines is 1. The highest BCUT2D eigenvalue weighted by Crippen LogP contribution is 2.21. The first kappa shape index (κ1) is 25.3. The van der Waals surface area contributed by atoms with Crippen molar-refractivity contribution >= 4 is 23.5 Å². The summed E-state index contributed by atoms with van der Waals surface area (Å²) in [6, 6.07) is 22.7. The molecule has 0 aliphatic heterocycles. The van der Waals surface area contributed by atoms with Crippen molar-refractivity contribution in [1.82, 2.24) is 9.97 Å². The summed E-state index contributed by atoms with van der Waals surface area (Å²) in [5, 5.41) is 2.72. The largest absolute Gasteiger partial charge is 0.457 e. The Morgan fingerprint density at radius 2 is 1.38 bits per heavy atom. The van der Waals surface area contributed by atoms with Crippen LogP contribution in [-0.2, 0) is 27.5 Å². The maximum absolute atomic E-state index is 12.9. The Morgan fingerprint density at radius 3 is 1.84 bits per heavy atom. The predicted molar refractivity (Wildman–Crippen MR) is 137 cm³/mol. The second kappa shape index (κ2) is 12.3. The van der Waals surface area contributed by atoms with Gasteiger partial charge in [0.1, 0.15) is 25.0 Å². The molecule has 0 saturated carbocycles. The molecule has 0 radical (unpaired) electrons. The molecule has 0 aliphatic rings. The van der Waals surface area contributed by atoms with E-state index in [1.165, 1.54) is 24.4 Å². The van der Waals surface area contributed by atoms with Crippen molar-refractivity contribution in [2.24, 2.45) is 5.73 Å². The third kappa shape index (κ3) is 6.89. The first-order valence-corrected chi connectivity index (χ1v) is 11.6. The Hall–Kier alpha value is -4.76. The number of benzene rings is 3. The normalized spacial score (nSPS) is 11.4.